The Hall–Kier alpha value is -5.81. The standard InChI is InChI=1S/C38H24N4O/c1-4-12-31-26(9-1)27-10-2-5-13-32(27)40(31)24-18-20-34-29(21-24)28-11-3-6-14-33(28)41(34)25-17-19-30-36(22-25)42-35-15-7-8-16-37(35)43-23-38(42)39-30/h1-22H,23H2. The highest BCUT2D eigenvalue weighted by Gasteiger charge is 2.22. The molecule has 0 saturated carbocycles. The molecule has 202 valence electrons. The van der Waals surface area contributed by atoms with Crippen molar-refractivity contribution in [2.24, 2.45) is 0 Å². The number of hydrogen-bond acceptors (Lipinski definition) is 2. The normalized spacial score (nSPS) is 12.7. The van der Waals surface area contributed by atoms with Crippen LogP contribution in [0.5, 0.6) is 5.75 Å². The molecule has 0 fully saturated rings. The van der Waals surface area contributed by atoms with Gasteiger partial charge in [0.05, 0.1) is 38.8 Å². The van der Waals surface area contributed by atoms with Crippen molar-refractivity contribution in [3.8, 4) is 22.8 Å². The lowest BCUT2D eigenvalue weighted by Crippen LogP contribution is -2.12. The zero-order chi connectivity index (χ0) is 28.1. The second-order valence-electron chi connectivity index (χ2n) is 11.2. The van der Waals surface area contributed by atoms with Crippen LogP contribution in [-0.2, 0) is 6.61 Å². The summed E-state index contributed by atoms with van der Waals surface area (Å²) in [5.74, 6) is 1.80. The summed E-state index contributed by atoms with van der Waals surface area (Å²) in [4.78, 5) is 4.91. The summed E-state index contributed by atoms with van der Waals surface area (Å²) in [5, 5.41) is 4.99. The Kier molecular flexibility index (Phi) is 4.44. The van der Waals surface area contributed by atoms with Crippen molar-refractivity contribution in [3.63, 3.8) is 0 Å². The SMILES string of the molecule is c1ccc2c(c1)OCc1nc3ccc(-n4c5ccccc5c5cc(-n6c7ccccc7c7ccccc76)ccc54)cc3n1-2. The lowest BCUT2D eigenvalue weighted by Gasteiger charge is -2.19. The van der Waals surface area contributed by atoms with E-state index in [1.54, 1.807) is 0 Å². The van der Waals surface area contributed by atoms with Crippen molar-refractivity contribution in [2.45, 2.75) is 6.61 Å². The molecule has 1 aliphatic rings. The summed E-state index contributed by atoms with van der Waals surface area (Å²) >= 11 is 0. The van der Waals surface area contributed by atoms with Crippen LogP contribution in [0.15, 0.2) is 133 Å². The molecule has 10 rings (SSSR count). The van der Waals surface area contributed by atoms with E-state index < -0.39 is 0 Å². The van der Waals surface area contributed by atoms with E-state index in [1.165, 1.54) is 43.6 Å². The van der Waals surface area contributed by atoms with Crippen molar-refractivity contribution in [3.05, 3.63) is 139 Å². The van der Waals surface area contributed by atoms with E-state index >= 15 is 0 Å². The minimum Gasteiger partial charge on any atom is -0.483 e. The number of hydrogen-bond donors (Lipinski definition) is 0. The Morgan fingerprint density at radius 2 is 1.02 bits per heavy atom. The molecule has 0 radical (unpaired) electrons. The van der Waals surface area contributed by atoms with Crippen LogP contribution in [0.4, 0.5) is 0 Å². The van der Waals surface area contributed by atoms with E-state index in [9.17, 15) is 0 Å². The molecular formula is C38H24N4O. The fourth-order valence-electron chi connectivity index (χ4n) is 7.10. The minimum absolute atomic E-state index is 0.460. The lowest BCUT2D eigenvalue weighted by atomic mass is 10.1. The average molecular weight is 553 g/mol. The van der Waals surface area contributed by atoms with Crippen LogP contribution in [0.1, 0.15) is 5.82 Å². The zero-order valence-electron chi connectivity index (χ0n) is 23.1. The number of aromatic nitrogens is 4. The molecule has 0 spiro atoms. The fraction of sp³-hybridized carbons (Fsp3) is 0.0263. The Bertz CT molecular complexity index is 2530. The Labute approximate surface area is 246 Å². The van der Waals surface area contributed by atoms with E-state index in [2.05, 4.69) is 135 Å². The highest BCUT2D eigenvalue weighted by Crippen LogP contribution is 2.38. The summed E-state index contributed by atoms with van der Waals surface area (Å²) in [6.07, 6.45) is 0. The smallest absolute Gasteiger partial charge is 0.152 e. The van der Waals surface area contributed by atoms with E-state index in [0.29, 0.717) is 6.61 Å². The van der Waals surface area contributed by atoms with Gasteiger partial charge in [-0.2, -0.15) is 0 Å². The molecule has 0 unspecified atom stereocenters. The number of fused-ring (bicyclic) bond motifs is 11. The van der Waals surface area contributed by atoms with Gasteiger partial charge < -0.3 is 13.9 Å². The third kappa shape index (κ3) is 3.08. The summed E-state index contributed by atoms with van der Waals surface area (Å²) in [6.45, 7) is 0.460. The summed E-state index contributed by atoms with van der Waals surface area (Å²) < 4.78 is 13.0. The number of rotatable bonds is 2. The maximum atomic E-state index is 6.00. The number of ether oxygens (including phenoxy) is 1. The van der Waals surface area contributed by atoms with Crippen molar-refractivity contribution in [2.75, 3.05) is 0 Å². The van der Waals surface area contributed by atoms with Crippen LogP contribution >= 0.6 is 0 Å². The molecule has 0 saturated heterocycles. The van der Waals surface area contributed by atoms with Gasteiger partial charge in [-0.1, -0.05) is 66.7 Å². The predicted molar refractivity (Wildman–Crippen MR) is 174 cm³/mol. The van der Waals surface area contributed by atoms with Crippen LogP contribution in [0.2, 0.25) is 0 Å². The molecule has 43 heavy (non-hydrogen) atoms. The summed E-state index contributed by atoms with van der Waals surface area (Å²) in [7, 11) is 0. The molecule has 1 aliphatic heterocycles. The number of para-hydroxylation sites is 5. The van der Waals surface area contributed by atoms with Crippen LogP contribution in [0.25, 0.3) is 71.7 Å². The number of benzene rings is 6. The van der Waals surface area contributed by atoms with Crippen molar-refractivity contribution < 1.29 is 4.74 Å². The molecule has 4 heterocycles. The number of nitrogens with zero attached hydrogens (tertiary/aromatic N) is 4. The first-order chi connectivity index (χ1) is 21.3. The molecule has 5 nitrogen and oxygen atoms in total. The van der Waals surface area contributed by atoms with Gasteiger partial charge in [-0.15, -0.1) is 0 Å². The van der Waals surface area contributed by atoms with Crippen LogP contribution in [-0.4, -0.2) is 18.7 Å². The first-order valence-corrected chi connectivity index (χ1v) is 14.6. The molecule has 3 aromatic heterocycles. The van der Waals surface area contributed by atoms with Gasteiger partial charge in [-0.05, 0) is 66.7 Å². The quantitative estimate of drug-likeness (QED) is 0.214. The van der Waals surface area contributed by atoms with Crippen LogP contribution < -0.4 is 4.74 Å². The largest absolute Gasteiger partial charge is 0.483 e. The fourth-order valence-corrected chi connectivity index (χ4v) is 7.10. The van der Waals surface area contributed by atoms with Gasteiger partial charge in [0.1, 0.15) is 12.4 Å². The highest BCUT2D eigenvalue weighted by molar-refractivity contribution is 6.12. The third-order valence-electron chi connectivity index (χ3n) is 8.92. The lowest BCUT2D eigenvalue weighted by molar-refractivity contribution is 0.280. The first-order valence-electron chi connectivity index (χ1n) is 14.6. The number of imidazole rings is 1. The zero-order valence-corrected chi connectivity index (χ0v) is 23.1. The molecule has 9 aromatic rings. The van der Waals surface area contributed by atoms with E-state index in [-0.39, 0.29) is 0 Å². The molecule has 5 heteroatoms. The summed E-state index contributed by atoms with van der Waals surface area (Å²) in [5.41, 5.74) is 10.1. The molecular weight excluding hydrogens is 528 g/mol. The third-order valence-corrected chi connectivity index (χ3v) is 8.92. The Morgan fingerprint density at radius 1 is 0.465 bits per heavy atom. The molecule has 0 bridgehead atoms. The molecule has 6 aromatic carbocycles. The van der Waals surface area contributed by atoms with Gasteiger partial charge in [0, 0.05) is 32.9 Å². The molecule has 0 aliphatic carbocycles. The maximum Gasteiger partial charge on any atom is 0.152 e. The minimum atomic E-state index is 0.460. The molecule has 0 N–H and O–H groups in total. The average Bonchev–Trinajstić information content (AvgIpc) is 3.72. The maximum absolute atomic E-state index is 6.00. The van der Waals surface area contributed by atoms with Crippen LogP contribution in [0, 0.1) is 0 Å². The second kappa shape index (κ2) is 8.37. The Morgan fingerprint density at radius 3 is 1.74 bits per heavy atom. The van der Waals surface area contributed by atoms with Crippen molar-refractivity contribution >= 4 is 54.6 Å². The topological polar surface area (TPSA) is 36.9 Å². The molecule has 0 amide bonds. The molecule has 0 atom stereocenters. The predicted octanol–water partition coefficient (Wildman–Crippen LogP) is 9.11. The van der Waals surface area contributed by atoms with E-state index in [1.807, 2.05) is 12.1 Å². The monoisotopic (exact) mass is 552 g/mol. The van der Waals surface area contributed by atoms with Gasteiger partial charge >= 0.3 is 0 Å². The highest BCUT2D eigenvalue weighted by atomic mass is 16.5. The van der Waals surface area contributed by atoms with Gasteiger partial charge in [0.25, 0.3) is 0 Å². The van der Waals surface area contributed by atoms with Crippen molar-refractivity contribution in [1.29, 1.82) is 0 Å². The van der Waals surface area contributed by atoms with Gasteiger partial charge in [0.15, 0.2) is 5.82 Å². The van der Waals surface area contributed by atoms with Gasteiger partial charge in [-0.3, -0.25) is 4.57 Å². The van der Waals surface area contributed by atoms with E-state index in [4.69, 9.17) is 9.72 Å². The van der Waals surface area contributed by atoms with Gasteiger partial charge in [0.2, 0.25) is 0 Å². The summed E-state index contributed by atoms with van der Waals surface area (Å²) in [6, 6.07) is 47.7. The first kappa shape index (κ1) is 22.8. The van der Waals surface area contributed by atoms with E-state index in [0.717, 1.165) is 39.7 Å². The van der Waals surface area contributed by atoms with Crippen LogP contribution in [0.3, 0.4) is 0 Å². The Balaban J connectivity index is 1.23. The van der Waals surface area contributed by atoms with Gasteiger partial charge in [-0.25, -0.2) is 4.98 Å². The van der Waals surface area contributed by atoms with Crippen molar-refractivity contribution in [1.82, 2.24) is 18.7 Å². The second-order valence-corrected chi connectivity index (χ2v) is 11.2.